The average Bonchev–Trinajstić information content (AvgIpc) is 3.63. The fourth-order valence-electron chi connectivity index (χ4n) is 6.36. The van der Waals surface area contributed by atoms with E-state index in [1.807, 2.05) is 36.4 Å². The first-order valence-corrected chi connectivity index (χ1v) is 14.4. The quantitative estimate of drug-likeness (QED) is 0.318. The molecule has 2 aromatic carbocycles. The van der Waals surface area contributed by atoms with Crippen molar-refractivity contribution >= 4 is 42.3 Å². The summed E-state index contributed by atoms with van der Waals surface area (Å²) in [5, 5.41) is 8.69. The number of anilines is 1. The first-order valence-electron chi connectivity index (χ1n) is 14.1. The van der Waals surface area contributed by atoms with E-state index < -0.39 is 0 Å². The van der Waals surface area contributed by atoms with Crippen molar-refractivity contribution in [3.8, 4) is 11.3 Å². The Hall–Kier alpha value is -3.32. The number of halogens is 1. The van der Waals surface area contributed by atoms with Gasteiger partial charge in [0.15, 0.2) is 5.65 Å². The third-order valence-electron chi connectivity index (χ3n) is 8.35. The smallest absolute Gasteiger partial charge is 0.230 e. The molecule has 1 saturated heterocycles. The lowest BCUT2D eigenvalue weighted by atomic mass is 9.83. The Bertz CT molecular complexity index is 1450. The number of likely N-dealkylation sites (tertiary alicyclic amines) is 1. The van der Waals surface area contributed by atoms with E-state index in [0.29, 0.717) is 33.9 Å². The number of hydrogen-bond donors (Lipinski definition) is 1. The molecule has 39 heavy (non-hydrogen) atoms. The molecule has 6 nitrogen and oxygen atoms in total. The number of carbonyl (C=O) groups excluding carboxylic acids is 1. The molecule has 8 heteroatoms. The fraction of sp³-hybridized carbons (Fsp3) is 0.387. The van der Waals surface area contributed by atoms with Gasteiger partial charge in [-0.1, -0.05) is 73.0 Å². The van der Waals surface area contributed by atoms with Crippen molar-refractivity contribution in [2.24, 2.45) is 11.8 Å². The lowest BCUT2D eigenvalue weighted by molar-refractivity contribution is -0.135. The summed E-state index contributed by atoms with van der Waals surface area (Å²) < 4.78 is 1.74. The number of nitrogens with one attached hydrogen (secondary N) is 1. The zero-order valence-electron chi connectivity index (χ0n) is 22.1. The summed E-state index contributed by atoms with van der Waals surface area (Å²) in [7, 11) is 6.20. The summed E-state index contributed by atoms with van der Waals surface area (Å²) in [6.45, 7) is 2.32. The van der Waals surface area contributed by atoms with Crippen molar-refractivity contribution in [2.75, 3.05) is 25.0 Å². The first-order chi connectivity index (χ1) is 19.1. The zero-order chi connectivity index (χ0) is 26.8. The monoisotopic (exact) mass is 537 g/mol. The van der Waals surface area contributed by atoms with Crippen LogP contribution in [0.5, 0.6) is 0 Å². The Kier molecular flexibility index (Phi) is 7.60. The van der Waals surface area contributed by atoms with E-state index in [1.165, 1.54) is 12.8 Å². The fourth-order valence-corrected chi connectivity index (χ4v) is 6.59. The highest BCUT2D eigenvalue weighted by atomic mass is 35.5. The van der Waals surface area contributed by atoms with Crippen LogP contribution in [0.4, 0.5) is 5.82 Å². The molecule has 0 spiro atoms. The molecule has 1 amide bonds. The molecule has 3 heterocycles. The van der Waals surface area contributed by atoms with Crippen molar-refractivity contribution in [1.82, 2.24) is 19.5 Å². The van der Waals surface area contributed by atoms with Crippen LogP contribution in [-0.4, -0.2) is 52.9 Å². The highest BCUT2D eigenvalue weighted by Gasteiger charge is 2.36. The number of carbonyl (C=O) groups is 1. The van der Waals surface area contributed by atoms with Gasteiger partial charge in [0.2, 0.25) is 5.91 Å². The van der Waals surface area contributed by atoms with Gasteiger partial charge in [0.05, 0.1) is 11.6 Å². The molecule has 198 valence electrons. The van der Waals surface area contributed by atoms with Crippen LogP contribution < -0.4 is 10.8 Å². The van der Waals surface area contributed by atoms with Gasteiger partial charge in [0.25, 0.3) is 0 Å². The van der Waals surface area contributed by atoms with Gasteiger partial charge in [-0.15, -0.1) is 0 Å². The third-order valence-corrected chi connectivity index (χ3v) is 8.68. The summed E-state index contributed by atoms with van der Waals surface area (Å²) in [5.41, 5.74) is 3.86. The summed E-state index contributed by atoms with van der Waals surface area (Å²) in [6, 6.07) is 20.0. The summed E-state index contributed by atoms with van der Waals surface area (Å²) in [5.74, 6) is 1.85. The maximum absolute atomic E-state index is 14.0. The second kappa shape index (κ2) is 11.4. The van der Waals surface area contributed by atoms with Crippen molar-refractivity contribution in [3.05, 3.63) is 77.4 Å². The van der Waals surface area contributed by atoms with Gasteiger partial charge in [0.1, 0.15) is 13.7 Å². The topological polar surface area (TPSA) is 62.5 Å². The molecule has 2 fully saturated rings. The van der Waals surface area contributed by atoms with E-state index in [1.54, 1.807) is 10.7 Å². The van der Waals surface area contributed by atoms with Crippen LogP contribution in [0.3, 0.4) is 0 Å². The summed E-state index contributed by atoms with van der Waals surface area (Å²) in [4.78, 5) is 20.8. The molecule has 1 aliphatic carbocycles. The average molecular weight is 538 g/mol. The third kappa shape index (κ3) is 5.42. The van der Waals surface area contributed by atoms with Crippen LogP contribution in [0.15, 0.2) is 66.9 Å². The van der Waals surface area contributed by atoms with Crippen LogP contribution in [0.1, 0.15) is 50.0 Å². The Balaban J connectivity index is 1.20. The minimum absolute atomic E-state index is 0.0366. The molecule has 0 bridgehead atoms. The van der Waals surface area contributed by atoms with E-state index in [9.17, 15) is 4.79 Å². The lowest BCUT2D eigenvalue weighted by Gasteiger charge is -2.37. The predicted molar refractivity (Wildman–Crippen MR) is 158 cm³/mol. The molecule has 2 aromatic heterocycles. The number of aromatic nitrogens is 3. The largest absolute Gasteiger partial charge is 0.370 e. The molecule has 2 unspecified atom stereocenters. The number of hydrogen-bond acceptors (Lipinski definition) is 4. The molecule has 2 atom stereocenters. The van der Waals surface area contributed by atoms with E-state index >= 15 is 0 Å². The zero-order valence-corrected chi connectivity index (χ0v) is 22.9. The van der Waals surface area contributed by atoms with Crippen molar-refractivity contribution in [2.45, 2.75) is 44.4 Å². The standard InChI is InChI=1S/C31H33BClN5O/c32-25-19-35-38-28(17-27(36-30(25)38)24-14-6-7-15-26(24)33)34-18-21-9-8-16-37(20-21)31(39)29(23-12-4-5-13-23)22-10-2-1-3-11-22/h1-3,6-7,10-11,14-15,17,19,21,23,29,34H,4-5,8-9,12-13,16,18,20H2. The number of rotatable bonds is 7. The normalized spacial score (nSPS) is 18.9. The van der Waals surface area contributed by atoms with Crippen LogP contribution in [0.25, 0.3) is 16.9 Å². The van der Waals surface area contributed by atoms with Gasteiger partial charge >= 0.3 is 0 Å². The van der Waals surface area contributed by atoms with Crippen LogP contribution >= 0.6 is 11.6 Å². The number of fused-ring (bicyclic) bond motifs is 1. The first kappa shape index (κ1) is 25.9. The van der Waals surface area contributed by atoms with Crippen molar-refractivity contribution in [3.63, 3.8) is 0 Å². The second-order valence-corrected chi connectivity index (χ2v) is 11.4. The molecule has 1 saturated carbocycles. The van der Waals surface area contributed by atoms with E-state index in [2.05, 4.69) is 39.6 Å². The van der Waals surface area contributed by atoms with Gasteiger partial charge in [-0.05, 0) is 54.6 Å². The SMILES string of the molecule is [B]c1cnn2c(NCC3CCCN(C(=O)C(c4ccccc4)C4CCCC4)C3)cc(-c3ccccc3Cl)nc12. The van der Waals surface area contributed by atoms with Crippen LogP contribution in [-0.2, 0) is 4.79 Å². The second-order valence-electron chi connectivity index (χ2n) is 10.9. The number of nitrogens with zero attached hydrogens (tertiary/aromatic N) is 4. The van der Waals surface area contributed by atoms with Gasteiger partial charge in [-0.3, -0.25) is 4.79 Å². The Labute approximate surface area is 236 Å². The van der Waals surface area contributed by atoms with Gasteiger partial charge in [-0.2, -0.15) is 9.61 Å². The number of piperidine rings is 1. The molecular weight excluding hydrogens is 505 g/mol. The molecular formula is C31H33BClN5O. The summed E-state index contributed by atoms with van der Waals surface area (Å²) in [6.07, 6.45) is 8.44. The van der Waals surface area contributed by atoms with Crippen LogP contribution in [0.2, 0.25) is 5.02 Å². The molecule has 1 aliphatic heterocycles. The molecule has 2 aliphatic rings. The minimum Gasteiger partial charge on any atom is -0.370 e. The maximum atomic E-state index is 14.0. The van der Waals surface area contributed by atoms with E-state index in [0.717, 1.165) is 68.0 Å². The van der Waals surface area contributed by atoms with E-state index in [-0.39, 0.29) is 5.92 Å². The Morgan fingerprint density at radius 3 is 2.62 bits per heavy atom. The maximum Gasteiger partial charge on any atom is 0.230 e. The Morgan fingerprint density at radius 2 is 1.82 bits per heavy atom. The molecule has 6 rings (SSSR count). The minimum atomic E-state index is -0.0366. The van der Waals surface area contributed by atoms with Crippen LogP contribution in [0, 0.1) is 11.8 Å². The van der Waals surface area contributed by atoms with Gasteiger partial charge in [-0.25, -0.2) is 4.98 Å². The number of amides is 1. The lowest BCUT2D eigenvalue weighted by Crippen LogP contribution is -2.45. The van der Waals surface area contributed by atoms with Crippen molar-refractivity contribution < 1.29 is 4.79 Å². The summed E-state index contributed by atoms with van der Waals surface area (Å²) >= 11 is 6.49. The predicted octanol–water partition coefficient (Wildman–Crippen LogP) is 5.47. The number of benzene rings is 2. The molecule has 2 radical (unpaired) electrons. The molecule has 4 aromatic rings. The van der Waals surface area contributed by atoms with E-state index in [4.69, 9.17) is 24.4 Å². The Morgan fingerprint density at radius 1 is 1.05 bits per heavy atom. The highest BCUT2D eigenvalue weighted by Crippen LogP contribution is 2.39. The van der Waals surface area contributed by atoms with Crippen molar-refractivity contribution in [1.29, 1.82) is 0 Å². The highest BCUT2D eigenvalue weighted by molar-refractivity contribution is 6.36. The van der Waals surface area contributed by atoms with Gasteiger partial charge in [0, 0.05) is 42.5 Å². The molecule has 1 N–H and O–H groups in total. The van der Waals surface area contributed by atoms with Gasteiger partial charge < -0.3 is 10.2 Å².